The zero-order valence-electron chi connectivity index (χ0n) is 15.4. The molecule has 138 valence electrons. The minimum Gasteiger partial charge on any atom is -0.494 e. The maximum Gasteiger partial charge on any atom is 0.229 e. The summed E-state index contributed by atoms with van der Waals surface area (Å²) in [5, 5.41) is 3.22. The lowest BCUT2D eigenvalue weighted by molar-refractivity contribution is -0.138. The molecule has 1 amide bonds. The Kier molecular flexibility index (Phi) is 6.19. The number of carbonyl (C=O) groups is 1. The van der Waals surface area contributed by atoms with Crippen molar-refractivity contribution in [2.24, 2.45) is 11.8 Å². The predicted molar refractivity (Wildman–Crippen MR) is 98.1 cm³/mol. The third kappa shape index (κ3) is 4.46. The molecule has 3 rings (SSSR count). The van der Waals surface area contributed by atoms with Gasteiger partial charge < -0.3 is 19.7 Å². The standard InChI is InChI=1S/C20H30N2O3/c1-3-24-18-4-5-19-16(13-18)12-17(14-25-19)20(23)22-10-7-15(8-11-22)6-9-21-2/h4-5,13,15,17,21H,3,6-12,14H2,1-2H3. The highest BCUT2D eigenvalue weighted by atomic mass is 16.5. The van der Waals surface area contributed by atoms with Crippen LogP contribution in [0.5, 0.6) is 11.5 Å². The number of hydrogen-bond donors (Lipinski definition) is 1. The molecule has 0 spiro atoms. The molecule has 0 radical (unpaired) electrons. The Morgan fingerprint density at radius 1 is 1.36 bits per heavy atom. The van der Waals surface area contributed by atoms with Crippen LogP contribution in [0.25, 0.3) is 0 Å². The van der Waals surface area contributed by atoms with Gasteiger partial charge in [0.2, 0.25) is 5.91 Å². The summed E-state index contributed by atoms with van der Waals surface area (Å²) < 4.78 is 11.4. The van der Waals surface area contributed by atoms with E-state index in [1.807, 2.05) is 37.1 Å². The second kappa shape index (κ2) is 8.56. The molecular formula is C20H30N2O3. The first kappa shape index (κ1) is 18.1. The number of nitrogens with zero attached hydrogens (tertiary/aromatic N) is 1. The zero-order valence-corrected chi connectivity index (χ0v) is 15.4. The van der Waals surface area contributed by atoms with E-state index in [0.29, 0.717) is 13.2 Å². The Balaban J connectivity index is 1.56. The summed E-state index contributed by atoms with van der Waals surface area (Å²) in [6, 6.07) is 5.90. The second-order valence-corrected chi connectivity index (χ2v) is 7.08. The zero-order chi connectivity index (χ0) is 17.6. The van der Waals surface area contributed by atoms with Crippen molar-refractivity contribution in [1.82, 2.24) is 10.2 Å². The van der Waals surface area contributed by atoms with Gasteiger partial charge in [0.05, 0.1) is 12.5 Å². The highest BCUT2D eigenvalue weighted by Gasteiger charge is 2.31. The number of fused-ring (bicyclic) bond motifs is 1. The van der Waals surface area contributed by atoms with Gasteiger partial charge in [0.25, 0.3) is 0 Å². The van der Waals surface area contributed by atoms with Crippen LogP contribution in [-0.2, 0) is 11.2 Å². The molecule has 1 saturated heterocycles. The largest absolute Gasteiger partial charge is 0.494 e. The first-order valence-electron chi connectivity index (χ1n) is 9.53. The highest BCUT2D eigenvalue weighted by Crippen LogP contribution is 2.32. The number of hydrogen-bond acceptors (Lipinski definition) is 4. The molecule has 2 aliphatic heterocycles. The van der Waals surface area contributed by atoms with Gasteiger partial charge >= 0.3 is 0 Å². The summed E-state index contributed by atoms with van der Waals surface area (Å²) in [6.45, 7) is 5.94. The molecule has 2 heterocycles. The summed E-state index contributed by atoms with van der Waals surface area (Å²) in [6.07, 6.45) is 4.19. The van der Waals surface area contributed by atoms with Crippen LogP contribution in [0.2, 0.25) is 0 Å². The fourth-order valence-electron chi connectivity index (χ4n) is 3.83. The van der Waals surface area contributed by atoms with E-state index in [1.54, 1.807) is 0 Å². The molecule has 2 aliphatic rings. The molecule has 0 bridgehead atoms. The Morgan fingerprint density at radius 3 is 2.88 bits per heavy atom. The van der Waals surface area contributed by atoms with Crippen LogP contribution < -0.4 is 14.8 Å². The fourth-order valence-corrected chi connectivity index (χ4v) is 3.83. The predicted octanol–water partition coefficient (Wildman–Crippen LogP) is 2.48. The molecule has 25 heavy (non-hydrogen) atoms. The second-order valence-electron chi connectivity index (χ2n) is 7.08. The van der Waals surface area contributed by atoms with Crippen molar-refractivity contribution in [1.29, 1.82) is 0 Å². The molecule has 1 aromatic carbocycles. The summed E-state index contributed by atoms with van der Waals surface area (Å²) in [5.74, 6) is 2.66. The lowest BCUT2D eigenvalue weighted by Crippen LogP contribution is -2.45. The van der Waals surface area contributed by atoms with Crippen molar-refractivity contribution in [2.45, 2.75) is 32.6 Å². The molecule has 5 nitrogen and oxygen atoms in total. The Morgan fingerprint density at radius 2 is 2.16 bits per heavy atom. The van der Waals surface area contributed by atoms with Crippen molar-refractivity contribution in [3.05, 3.63) is 23.8 Å². The summed E-state index contributed by atoms with van der Waals surface area (Å²) in [4.78, 5) is 14.9. The third-order valence-corrected chi connectivity index (χ3v) is 5.33. The van der Waals surface area contributed by atoms with E-state index < -0.39 is 0 Å². The lowest BCUT2D eigenvalue weighted by atomic mass is 9.91. The third-order valence-electron chi connectivity index (χ3n) is 5.33. The van der Waals surface area contributed by atoms with Crippen LogP contribution in [0.3, 0.4) is 0 Å². The van der Waals surface area contributed by atoms with E-state index in [0.717, 1.165) is 61.9 Å². The number of likely N-dealkylation sites (tertiary alicyclic amines) is 1. The van der Waals surface area contributed by atoms with Crippen LogP contribution in [0.1, 0.15) is 31.7 Å². The van der Waals surface area contributed by atoms with Gasteiger partial charge in [-0.05, 0) is 75.9 Å². The average molecular weight is 346 g/mol. The minimum atomic E-state index is -0.0711. The van der Waals surface area contributed by atoms with E-state index in [-0.39, 0.29) is 11.8 Å². The van der Waals surface area contributed by atoms with Gasteiger partial charge in [0, 0.05) is 13.1 Å². The van der Waals surface area contributed by atoms with Gasteiger partial charge in [0.15, 0.2) is 0 Å². The number of benzene rings is 1. The van der Waals surface area contributed by atoms with E-state index in [2.05, 4.69) is 5.32 Å². The van der Waals surface area contributed by atoms with E-state index >= 15 is 0 Å². The summed E-state index contributed by atoms with van der Waals surface area (Å²) in [7, 11) is 2.00. The van der Waals surface area contributed by atoms with Crippen LogP contribution >= 0.6 is 0 Å². The smallest absolute Gasteiger partial charge is 0.229 e. The normalized spacial score (nSPS) is 20.7. The molecular weight excluding hydrogens is 316 g/mol. The quantitative estimate of drug-likeness (QED) is 0.860. The number of piperidine rings is 1. The summed E-state index contributed by atoms with van der Waals surface area (Å²) >= 11 is 0. The Bertz CT molecular complexity index is 582. The van der Waals surface area contributed by atoms with Crippen LogP contribution in [-0.4, -0.2) is 50.7 Å². The number of nitrogens with one attached hydrogen (secondary N) is 1. The maximum atomic E-state index is 12.9. The van der Waals surface area contributed by atoms with Gasteiger partial charge in [-0.1, -0.05) is 0 Å². The van der Waals surface area contributed by atoms with Crippen LogP contribution in [0.4, 0.5) is 0 Å². The van der Waals surface area contributed by atoms with Gasteiger partial charge in [-0.3, -0.25) is 4.79 Å². The van der Waals surface area contributed by atoms with Crippen molar-refractivity contribution in [2.75, 3.05) is 39.9 Å². The molecule has 1 unspecified atom stereocenters. The minimum absolute atomic E-state index is 0.0711. The Labute approximate surface area is 150 Å². The van der Waals surface area contributed by atoms with Gasteiger partial charge in [0.1, 0.15) is 18.1 Å². The number of ether oxygens (including phenoxy) is 2. The van der Waals surface area contributed by atoms with E-state index in [4.69, 9.17) is 9.47 Å². The molecule has 5 heteroatoms. The molecule has 1 aromatic rings. The molecule has 0 saturated carbocycles. The molecule has 1 fully saturated rings. The van der Waals surface area contributed by atoms with E-state index in [9.17, 15) is 4.79 Å². The number of rotatable bonds is 6. The molecule has 0 aliphatic carbocycles. The Hall–Kier alpha value is -1.75. The first-order valence-corrected chi connectivity index (χ1v) is 9.53. The topological polar surface area (TPSA) is 50.8 Å². The van der Waals surface area contributed by atoms with Crippen molar-refractivity contribution < 1.29 is 14.3 Å². The number of carbonyl (C=O) groups excluding carboxylic acids is 1. The van der Waals surface area contributed by atoms with Crippen molar-refractivity contribution >= 4 is 5.91 Å². The van der Waals surface area contributed by atoms with E-state index in [1.165, 1.54) is 6.42 Å². The van der Waals surface area contributed by atoms with Gasteiger partial charge in [-0.25, -0.2) is 0 Å². The van der Waals surface area contributed by atoms with Crippen molar-refractivity contribution in [3.8, 4) is 11.5 Å². The lowest BCUT2D eigenvalue weighted by Gasteiger charge is -2.35. The van der Waals surface area contributed by atoms with Gasteiger partial charge in [-0.2, -0.15) is 0 Å². The monoisotopic (exact) mass is 346 g/mol. The first-order chi connectivity index (χ1) is 12.2. The molecule has 1 atom stereocenters. The summed E-state index contributed by atoms with van der Waals surface area (Å²) in [5.41, 5.74) is 1.08. The van der Waals surface area contributed by atoms with Crippen LogP contribution in [0.15, 0.2) is 18.2 Å². The van der Waals surface area contributed by atoms with Crippen molar-refractivity contribution in [3.63, 3.8) is 0 Å². The molecule has 0 aromatic heterocycles. The SMILES string of the molecule is CCOc1ccc2c(c1)CC(C(=O)N1CCC(CCNC)CC1)CO2. The van der Waals surface area contributed by atoms with Gasteiger partial charge in [-0.15, -0.1) is 0 Å². The fraction of sp³-hybridized carbons (Fsp3) is 0.650. The average Bonchev–Trinajstić information content (AvgIpc) is 2.66. The molecule has 1 N–H and O–H groups in total. The number of amides is 1. The maximum absolute atomic E-state index is 12.9. The van der Waals surface area contributed by atoms with Crippen LogP contribution in [0, 0.1) is 11.8 Å². The highest BCUT2D eigenvalue weighted by molar-refractivity contribution is 5.80.